The molecule has 2 heteroatoms. The summed E-state index contributed by atoms with van der Waals surface area (Å²) < 4.78 is 6.28. The van der Waals surface area contributed by atoms with Crippen LogP contribution in [0.2, 0.25) is 0 Å². The van der Waals surface area contributed by atoms with Crippen LogP contribution in [0.1, 0.15) is 0 Å². The molecular weight excluding hydrogens is 679 g/mol. The van der Waals surface area contributed by atoms with Crippen LogP contribution >= 0.6 is 0 Å². The maximum absolute atomic E-state index is 6.28. The van der Waals surface area contributed by atoms with Crippen molar-refractivity contribution in [1.82, 2.24) is 0 Å². The Bertz CT molecular complexity index is 3260. The fourth-order valence-corrected chi connectivity index (χ4v) is 8.66. The number of rotatable bonds is 6. The third-order valence-electron chi connectivity index (χ3n) is 11.2. The number of para-hydroxylation sites is 3. The monoisotopic (exact) mass is 713 g/mol. The summed E-state index contributed by atoms with van der Waals surface area (Å²) in [6.45, 7) is 0. The van der Waals surface area contributed by atoms with Crippen molar-refractivity contribution in [1.29, 1.82) is 0 Å². The number of fused-ring (bicyclic) bond motifs is 7. The van der Waals surface area contributed by atoms with Gasteiger partial charge in [-0.25, -0.2) is 0 Å². The molecule has 0 saturated carbocycles. The zero-order valence-electron chi connectivity index (χ0n) is 30.6. The van der Waals surface area contributed by atoms with Crippen LogP contribution < -0.4 is 4.90 Å². The lowest BCUT2D eigenvalue weighted by Crippen LogP contribution is -2.12. The average Bonchev–Trinajstić information content (AvgIpc) is 3.66. The van der Waals surface area contributed by atoms with Crippen LogP contribution in [-0.2, 0) is 0 Å². The summed E-state index contributed by atoms with van der Waals surface area (Å²) in [4.78, 5) is 2.45. The van der Waals surface area contributed by atoms with Crippen molar-refractivity contribution in [3.63, 3.8) is 0 Å². The average molecular weight is 714 g/mol. The third-order valence-corrected chi connectivity index (χ3v) is 11.2. The number of hydrogen-bond donors (Lipinski definition) is 0. The Morgan fingerprint density at radius 1 is 0.304 bits per heavy atom. The lowest BCUT2D eigenvalue weighted by atomic mass is 9.91. The lowest BCUT2D eigenvalue weighted by molar-refractivity contribution is 0.669. The second-order valence-electron chi connectivity index (χ2n) is 14.4. The van der Waals surface area contributed by atoms with E-state index in [0.29, 0.717) is 0 Å². The van der Waals surface area contributed by atoms with Crippen molar-refractivity contribution in [3.8, 4) is 33.4 Å². The van der Waals surface area contributed by atoms with E-state index >= 15 is 0 Å². The van der Waals surface area contributed by atoms with Gasteiger partial charge in [0, 0.05) is 27.6 Å². The SMILES string of the molecule is c1ccc(N(c2ccc(-c3cccc4oc5ccccc5c34)cc2)c2ccccc2-c2cc3ccccc3c3ccccc23)c(-c2ccc3ccccc3c2)c1. The first-order valence-electron chi connectivity index (χ1n) is 19.2. The Kier molecular flexibility index (Phi) is 7.53. The summed E-state index contributed by atoms with van der Waals surface area (Å²) in [5, 5.41) is 9.70. The molecule has 0 amide bonds. The van der Waals surface area contributed by atoms with Crippen LogP contribution in [0.15, 0.2) is 217 Å². The molecule has 0 aliphatic rings. The minimum atomic E-state index is 0.898. The van der Waals surface area contributed by atoms with E-state index in [-0.39, 0.29) is 0 Å². The Labute approximate surface area is 325 Å². The summed E-state index contributed by atoms with van der Waals surface area (Å²) in [7, 11) is 0. The first kappa shape index (κ1) is 32.0. The molecule has 0 aliphatic heterocycles. The van der Waals surface area contributed by atoms with E-state index in [1.807, 2.05) is 12.1 Å². The largest absolute Gasteiger partial charge is 0.456 e. The van der Waals surface area contributed by atoms with Crippen molar-refractivity contribution in [2.45, 2.75) is 0 Å². The molecule has 0 atom stereocenters. The van der Waals surface area contributed by atoms with E-state index in [1.165, 1.54) is 49.0 Å². The topological polar surface area (TPSA) is 16.4 Å². The van der Waals surface area contributed by atoms with Gasteiger partial charge in [0.15, 0.2) is 0 Å². The highest BCUT2D eigenvalue weighted by Crippen LogP contribution is 2.47. The smallest absolute Gasteiger partial charge is 0.136 e. The third kappa shape index (κ3) is 5.26. The molecule has 1 aromatic heterocycles. The molecule has 0 N–H and O–H groups in total. The highest BCUT2D eigenvalue weighted by atomic mass is 16.3. The molecule has 1 heterocycles. The second-order valence-corrected chi connectivity index (χ2v) is 14.4. The molecule has 11 aromatic rings. The molecule has 10 aromatic carbocycles. The van der Waals surface area contributed by atoms with Crippen molar-refractivity contribution in [2.24, 2.45) is 0 Å². The molecule has 0 radical (unpaired) electrons. The molecule has 0 spiro atoms. The van der Waals surface area contributed by atoms with Gasteiger partial charge in [-0.05, 0) is 103 Å². The number of nitrogens with zero attached hydrogens (tertiary/aromatic N) is 1. The van der Waals surface area contributed by atoms with Gasteiger partial charge in [0.05, 0.1) is 11.4 Å². The van der Waals surface area contributed by atoms with Gasteiger partial charge in [0.2, 0.25) is 0 Å². The van der Waals surface area contributed by atoms with Gasteiger partial charge >= 0.3 is 0 Å². The fourth-order valence-electron chi connectivity index (χ4n) is 8.66. The Morgan fingerprint density at radius 3 is 1.70 bits per heavy atom. The molecule has 2 nitrogen and oxygen atoms in total. The van der Waals surface area contributed by atoms with Crippen LogP contribution in [0.3, 0.4) is 0 Å². The van der Waals surface area contributed by atoms with Crippen molar-refractivity contribution >= 4 is 71.3 Å². The lowest BCUT2D eigenvalue weighted by Gasteiger charge is -2.30. The van der Waals surface area contributed by atoms with Gasteiger partial charge in [-0.15, -0.1) is 0 Å². The van der Waals surface area contributed by atoms with E-state index in [9.17, 15) is 0 Å². The van der Waals surface area contributed by atoms with E-state index in [2.05, 4.69) is 205 Å². The maximum Gasteiger partial charge on any atom is 0.136 e. The Hall–Kier alpha value is -7.42. The second kappa shape index (κ2) is 13.2. The number of hydrogen-bond acceptors (Lipinski definition) is 2. The summed E-state index contributed by atoms with van der Waals surface area (Å²) >= 11 is 0. The highest BCUT2D eigenvalue weighted by Gasteiger charge is 2.22. The number of anilines is 3. The van der Waals surface area contributed by atoms with E-state index in [1.54, 1.807) is 0 Å². The van der Waals surface area contributed by atoms with Crippen LogP contribution in [0.4, 0.5) is 17.1 Å². The van der Waals surface area contributed by atoms with Crippen molar-refractivity contribution < 1.29 is 4.42 Å². The molecule has 56 heavy (non-hydrogen) atoms. The molecular formula is C54H35NO. The van der Waals surface area contributed by atoms with Crippen LogP contribution in [0, 0.1) is 0 Å². The normalized spacial score (nSPS) is 11.6. The van der Waals surface area contributed by atoms with Gasteiger partial charge in [-0.3, -0.25) is 0 Å². The highest BCUT2D eigenvalue weighted by molar-refractivity contribution is 6.15. The van der Waals surface area contributed by atoms with Crippen LogP contribution in [0.5, 0.6) is 0 Å². The van der Waals surface area contributed by atoms with Crippen molar-refractivity contribution in [2.75, 3.05) is 4.90 Å². The fraction of sp³-hybridized carbons (Fsp3) is 0. The maximum atomic E-state index is 6.28. The Morgan fingerprint density at radius 2 is 0.875 bits per heavy atom. The molecule has 262 valence electrons. The molecule has 0 saturated heterocycles. The van der Waals surface area contributed by atoms with E-state index < -0.39 is 0 Å². The summed E-state index contributed by atoms with van der Waals surface area (Å²) in [6.07, 6.45) is 0. The minimum Gasteiger partial charge on any atom is -0.456 e. The quantitative estimate of drug-likeness (QED) is 0.160. The molecule has 0 fully saturated rings. The van der Waals surface area contributed by atoms with Crippen LogP contribution in [-0.4, -0.2) is 0 Å². The van der Waals surface area contributed by atoms with Crippen molar-refractivity contribution in [3.05, 3.63) is 212 Å². The van der Waals surface area contributed by atoms with E-state index in [0.717, 1.165) is 55.7 Å². The molecule has 0 unspecified atom stereocenters. The first-order valence-corrected chi connectivity index (χ1v) is 19.2. The van der Waals surface area contributed by atoms with Gasteiger partial charge in [-0.1, -0.05) is 164 Å². The number of furan rings is 1. The van der Waals surface area contributed by atoms with Gasteiger partial charge in [0.1, 0.15) is 11.2 Å². The zero-order valence-corrected chi connectivity index (χ0v) is 30.6. The predicted octanol–water partition coefficient (Wildman–Crippen LogP) is 15.5. The summed E-state index contributed by atoms with van der Waals surface area (Å²) in [6, 6.07) is 76.6. The molecule has 0 aliphatic carbocycles. The first-order chi connectivity index (χ1) is 27.8. The molecule has 0 bridgehead atoms. The standard InChI is InChI=1S/C54H35NO/c1-2-15-38-34-40(29-28-36(38)14-1)43-18-7-10-24-50(43)55(41-32-30-37(31-33-41)44-23-13-27-53-54(44)48-22-9-12-26-52(48)56-53)51-25-11-8-21-47(51)49-35-39-16-3-4-17-42(39)45-19-5-6-20-46(45)49/h1-35H. The molecule has 11 rings (SSSR count). The summed E-state index contributed by atoms with van der Waals surface area (Å²) in [5.74, 6) is 0. The van der Waals surface area contributed by atoms with Crippen LogP contribution in [0.25, 0.3) is 87.6 Å². The number of benzene rings is 10. The van der Waals surface area contributed by atoms with Gasteiger partial charge < -0.3 is 9.32 Å². The predicted molar refractivity (Wildman–Crippen MR) is 237 cm³/mol. The van der Waals surface area contributed by atoms with E-state index in [4.69, 9.17) is 4.42 Å². The Balaban J connectivity index is 1.14. The van der Waals surface area contributed by atoms with Gasteiger partial charge in [-0.2, -0.15) is 0 Å². The summed E-state index contributed by atoms with van der Waals surface area (Å²) in [5.41, 5.74) is 12.1. The van der Waals surface area contributed by atoms with Gasteiger partial charge in [0.25, 0.3) is 0 Å². The minimum absolute atomic E-state index is 0.898. The zero-order chi connectivity index (χ0) is 37.0.